The Balaban J connectivity index is 1.38. The first kappa shape index (κ1) is 21.4. The smallest absolute Gasteiger partial charge is 0.352 e. The third-order valence-electron chi connectivity index (χ3n) is 4.97. The van der Waals surface area contributed by atoms with E-state index in [4.69, 9.17) is 0 Å². The minimum atomic E-state index is -4.65. The lowest BCUT2D eigenvalue weighted by Gasteiger charge is -2.11. The summed E-state index contributed by atoms with van der Waals surface area (Å²) in [6, 6.07) is 3.68. The highest BCUT2D eigenvalue weighted by Crippen LogP contribution is 2.27. The van der Waals surface area contributed by atoms with Gasteiger partial charge in [0.25, 0.3) is 11.6 Å². The van der Waals surface area contributed by atoms with Crippen LogP contribution in [-0.4, -0.2) is 40.0 Å². The van der Waals surface area contributed by atoms with Gasteiger partial charge >= 0.3 is 6.18 Å². The van der Waals surface area contributed by atoms with Crippen molar-refractivity contribution in [1.82, 2.24) is 39.4 Å². The van der Waals surface area contributed by atoms with Gasteiger partial charge in [0.2, 0.25) is 5.91 Å². The predicted octanol–water partition coefficient (Wildman–Crippen LogP) is 2.59. The minimum Gasteiger partial charge on any atom is -0.352 e. The molecular formula is C20H19F3N8O. The van der Waals surface area contributed by atoms with Crippen LogP contribution < -0.4 is 5.32 Å². The van der Waals surface area contributed by atoms with E-state index in [0.29, 0.717) is 35.7 Å². The van der Waals surface area contributed by atoms with Gasteiger partial charge in [-0.2, -0.15) is 18.2 Å². The van der Waals surface area contributed by atoms with Gasteiger partial charge in [0.1, 0.15) is 12.1 Å². The van der Waals surface area contributed by atoms with Crippen molar-refractivity contribution in [3.05, 3.63) is 65.4 Å². The molecule has 4 rings (SSSR count). The van der Waals surface area contributed by atoms with Gasteiger partial charge in [-0.1, -0.05) is 6.07 Å². The van der Waals surface area contributed by atoms with E-state index >= 15 is 0 Å². The van der Waals surface area contributed by atoms with Crippen LogP contribution in [-0.2, 0) is 23.9 Å². The third-order valence-corrected chi connectivity index (χ3v) is 4.97. The fourth-order valence-corrected chi connectivity index (χ4v) is 3.29. The number of aromatic nitrogens is 7. The molecule has 0 unspecified atom stereocenters. The van der Waals surface area contributed by atoms with Gasteiger partial charge in [-0.15, -0.1) is 5.10 Å². The van der Waals surface area contributed by atoms with Gasteiger partial charge in [0, 0.05) is 42.9 Å². The Bertz CT molecular complexity index is 1250. The highest BCUT2D eigenvalue weighted by Gasteiger charge is 2.36. The van der Waals surface area contributed by atoms with Crippen LogP contribution in [0.4, 0.5) is 13.2 Å². The summed E-state index contributed by atoms with van der Waals surface area (Å²) in [5.41, 5.74) is 2.49. The van der Waals surface area contributed by atoms with Crippen LogP contribution in [0.3, 0.4) is 0 Å². The molecule has 166 valence electrons. The summed E-state index contributed by atoms with van der Waals surface area (Å²) in [7, 11) is 0. The summed E-state index contributed by atoms with van der Waals surface area (Å²) in [5.74, 6) is -0.840. The van der Waals surface area contributed by atoms with Gasteiger partial charge in [0.15, 0.2) is 0 Å². The van der Waals surface area contributed by atoms with Gasteiger partial charge in [-0.3, -0.25) is 9.36 Å². The molecule has 9 nitrogen and oxygen atoms in total. The molecule has 0 fully saturated rings. The zero-order valence-corrected chi connectivity index (χ0v) is 17.3. The molecule has 0 aliphatic rings. The average molecular weight is 444 g/mol. The second kappa shape index (κ2) is 8.36. The number of carbonyl (C=O) groups is 1. The van der Waals surface area contributed by atoms with E-state index < -0.39 is 12.0 Å². The molecule has 4 heterocycles. The lowest BCUT2D eigenvalue weighted by molar-refractivity contribution is -0.144. The minimum absolute atomic E-state index is 0.118. The standard InChI is InChI=1S/C20H19F3N8O/c1-12-15(13(2)31-19(27-12)28-18(29-31)20(21,22)23)4-6-17(32)26-10-14-3-5-16(25-9-14)30-8-7-24-11-30/h3,5,7-9,11H,4,6,10H2,1-2H3,(H,26,32). The maximum absolute atomic E-state index is 12.9. The molecule has 4 aromatic rings. The molecule has 0 saturated carbocycles. The summed E-state index contributed by atoms with van der Waals surface area (Å²) < 4.78 is 41.5. The van der Waals surface area contributed by atoms with Crippen LogP contribution in [0.1, 0.15) is 34.8 Å². The zero-order valence-electron chi connectivity index (χ0n) is 17.3. The SMILES string of the molecule is Cc1nc2nc(C(F)(F)F)nn2c(C)c1CCC(=O)NCc1ccc(-n2ccnc2)nc1. The highest BCUT2D eigenvalue weighted by molar-refractivity contribution is 5.76. The van der Waals surface area contributed by atoms with Crippen molar-refractivity contribution in [3.8, 4) is 5.82 Å². The van der Waals surface area contributed by atoms with Crippen LogP contribution in [0.25, 0.3) is 11.6 Å². The molecule has 0 aliphatic heterocycles. The van der Waals surface area contributed by atoms with E-state index in [1.54, 1.807) is 43.3 Å². The second-order valence-corrected chi connectivity index (χ2v) is 7.18. The average Bonchev–Trinajstić information content (AvgIpc) is 3.42. The number of nitrogens with zero attached hydrogens (tertiary/aromatic N) is 7. The number of halogens is 3. The molecule has 0 aromatic carbocycles. The molecule has 1 N–H and O–H groups in total. The van der Waals surface area contributed by atoms with Crippen LogP contribution in [0, 0.1) is 13.8 Å². The summed E-state index contributed by atoms with van der Waals surface area (Å²) >= 11 is 0. The van der Waals surface area contributed by atoms with Crippen molar-refractivity contribution in [2.45, 2.75) is 39.4 Å². The molecule has 12 heteroatoms. The van der Waals surface area contributed by atoms with Crippen LogP contribution >= 0.6 is 0 Å². The third kappa shape index (κ3) is 4.43. The van der Waals surface area contributed by atoms with Gasteiger partial charge in [-0.25, -0.2) is 19.5 Å². The summed E-state index contributed by atoms with van der Waals surface area (Å²) in [5, 5.41) is 6.34. The maximum atomic E-state index is 12.9. The normalized spacial score (nSPS) is 11.8. The number of rotatable bonds is 6. The number of aryl methyl sites for hydroxylation is 2. The number of hydrogen-bond donors (Lipinski definition) is 1. The van der Waals surface area contributed by atoms with Crippen molar-refractivity contribution < 1.29 is 18.0 Å². The molecule has 0 bridgehead atoms. The number of carbonyl (C=O) groups excluding carboxylic acids is 1. The molecule has 0 radical (unpaired) electrons. The Morgan fingerprint density at radius 2 is 2.00 bits per heavy atom. The quantitative estimate of drug-likeness (QED) is 0.490. The number of amides is 1. The first-order valence-electron chi connectivity index (χ1n) is 9.72. The fraction of sp³-hybridized carbons (Fsp3) is 0.300. The van der Waals surface area contributed by atoms with E-state index in [0.717, 1.165) is 10.1 Å². The van der Waals surface area contributed by atoms with Crippen molar-refractivity contribution in [2.24, 2.45) is 0 Å². The molecule has 4 aromatic heterocycles. The van der Waals surface area contributed by atoms with Gasteiger partial charge in [-0.05, 0) is 37.5 Å². The van der Waals surface area contributed by atoms with E-state index in [1.807, 2.05) is 12.1 Å². The number of imidazole rings is 1. The molecule has 0 spiro atoms. The first-order valence-corrected chi connectivity index (χ1v) is 9.72. The van der Waals surface area contributed by atoms with Crippen molar-refractivity contribution in [2.75, 3.05) is 0 Å². The Morgan fingerprint density at radius 1 is 1.19 bits per heavy atom. The number of hydrogen-bond acceptors (Lipinski definition) is 6. The molecule has 0 saturated heterocycles. The van der Waals surface area contributed by atoms with E-state index in [1.165, 1.54) is 0 Å². The fourth-order valence-electron chi connectivity index (χ4n) is 3.29. The van der Waals surface area contributed by atoms with Crippen LogP contribution in [0.15, 0.2) is 37.1 Å². The van der Waals surface area contributed by atoms with Crippen molar-refractivity contribution in [3.63, 3.8) is 0 Å². The van der Waals surface area contributed by atoms with Crippen LogP contribution in [0.2, 0.25) is 0 Å². The Labute approximate surface area is 180 Å². The number of pyridine rings is 1. The van der Waals surface area contributed by atoms with Crippen molar-refractivity contribution >= 4 is 11.7 Å². The van der Waals surface area contributed by atoms with E-state index in [-0.39, 0.29) is 18.1 Å². The Morgan fingerprint density at radius 3 is 2.66 bits per heavy atom. The molecule has 0 aliphatic carbocycles. The maximum Gasteiger partial charge on any atom is 0.453 e. The lowest BCUT2D eigenvalue weighted by Crippen LogP contribution is -2.23. The molecule has 32 heavy (non-hydrogen) atoms. The Hall–Kier alpha value is -3.83. The summed E-state index contributed by atoms with van der Waals surface area (Å²) in [6.07, 6.45) is 2.56. The number of nitrogens with one attached hydrogen (secondary N) is 1. The zero-order chi connectivity index (χ0) is 22.9. The monoisotopic (exact) mass is 444 g/mol. The first-order chi connectivity index (χ1) is 15.2. The molecular weight excluding hydrogens is 425 g/mol. The van der Waals surface area contributed by atoms with Crippen molar-refractivity contribution in [1.29, 1.82) is 0 Å². The largest absolute Gasteiger partial charge is 0.453 e. The molecule has 1 amide bonds. The van der Waals surface area contributed by atoms with E-state index in [9.17, 15) is 18.0 Å². The van der Waals surface area contributed by atoms with Crippen LogP contribution in [0.5, 0.6) is 0 Å². The lowest BCUT2D eigenvalue weighted by atomic mass is 10.1. The highest BCUT2D eigenvalue weighted by atomic mass is 19.4. The second-order valence-electron chi connectivity index (χ2n) is 7.18. The topological polar surface area (TPSA) is 103 Å². The summed E-state index contributed by atoms with van der Waals surface area (Å²) in [6.45, 7) is 3.62. The van der Waals surface area contributed by atoms with Gasteiger partial charge < -0.3 is 5.32 Å². The van der Waals surface area contributed by atoms with Gasteiger partial charge in [0.05, 0.1) is 0 Å². The summed E-state index contributed by atoms with van der Waals surface area (Å²) in [4.78, 5) is 28.2. The van der Waals surface area contributed by atoms with E-state index in [2.05, 4.69) is 30.4 Å². The number of fused-ring (bicyclic) bond motifs is 1. The Kier molecular flexibility index (Phi) is 5.59. The molecule has 0 atom stereocenters. The predicted molar refractivity (Wildman–Crippen MR) is 107 cm³/mol. The number of alkyl halides is 3.